The number of aromatic nitrogens is 4. The predicted molar refractivity (Wildman–Crippen MR) is 208 cm³/mol. The van der Waals surface area contributed by atoms with Crippen molar-refractivity contribution in [1.29, 1.82) is 0 Å². The molecule has 4 nitrogen and oxygen atoms in total. The molecule has 2 aromatic heterocycles. The second-order valence-corrected chi connectivity index (χ2v) is 15.6. The van der Waals surface area contributed by atoms with Gasteiger partial charge in [-0.1, -0.05) is 109 Å². The summed E-state index contributed by atoms with van der Waals surface area (Å²) in [6.07, 6.45) is 8.57. The summed E-state index contributed by atoms with van der Waals surface area (Å²) in [5, 5.41) is 4.84. The lowest BCUT2D eigenvalue weighted by atomic mass is 9.48. The summed E-state index contributed by atoms with van der Waals surface area (Å²) in [6.45, 7) is 0. The van der Waals surface area contributed by atoms with Gasteiger partial charge in [-0.15, -0.1) is 0 Å². The first-order chi connectivity index (χ1) is 25.2. The molecule has 0 amide bonds. The molecule has 8 aromatic rings. The second-order valence-electron chi connectivity index (χ2n) is 15.6. The van der Waals surface area contributed by atoms with Crippen molar-refractivity contribution >= 4 is 32.6 Å². The Balaban J connectivity index is 1.05. The van der Waals surface area contributed by atoms with Crippen LogP contribution in [-0.2, 0) is 5.41 Å². The fourth-order valence-electron chi connectivity index (χ4n) is 10.5. The van der Waals surface area contributed by atoms with Gasteiger partial charge in [0.1, 0.15) is 0 Å². The van der Waals surface area contributed by atoms with Gasteiger partial charge in [0, 0.05) is 33.2 Å². The third-order valence-corrected chi connectivity index (χ3v) is 12.4. The highest BCUT2D eigenvalue weighted by atomic mass is 15.0. The monoisotopic (exact) mass is 658 g/mol. The average molecular weight is 659 g/mol. The molecule has 0 unspecified atom stereocenters. The smallest absolute Gasteiger partial charge is 0.164 e. The molecule has 4 heteroatoms. The number of nitrogens with zero attached hydrogens (tertiary/aromatic N) is 4. The standard InChI is InChI=1S/C47H38N4/c1-2-9-34(10-3-1)44-48-45(36-15-14-33-8-4-5-11-35(33)25-36)50-46(49-44)37-16-21-41-40-12-6-7-13-42(40)51(43(41)26-37)39-19-17-38(18-20-39)47-27-30-22-31(28-47)24-32(23-30)29-47/h1-21,25-26,30-32H,22-24,27-29H2. The van der Waals surface area contributed by atoms with E-state index in [9.17, 15) is 0 Å². The van der Waals surface area contributed by atoms with Gasteiger partial charge in [-0.2, -0.15) is 0 Å². The lowest BCUT2D eigenvalue weighted by Crippen LogP contribution is -2.48. The van der Waals surface area contributed by atoms with Gasteiger partial charge in [0.2, 0.25) is 0 Å². The molecule has 0 aliphatic heterocycles. The Kier molecular flexibility index (Phi) is 6.40. The van der Waals surface area contributed by atoms with Crippen LogP contribution in [0.2, 0.25) is 0 Å². The molecule has 4 fully saturated rings. The van der Waals surface area contributed by atoms with Crippen LogP contribution in [0.15, 0.2) is 140 Å². The Hall–Kier alpha value is -5.61. The van der Waals surface area contributed by atoms with Crippen LogP contribution in [-0.4, -0.2) is 19.5 Å². The summed E-state index contributed by atoms with van der Waals surface area (Å²) in [4.78, 5) is 15.3. The van der Waals surface area contributed by atoms with E-state index in [4.69, 9.17) is 15.0 Å². The summed E-state index contributed by atoms with van der Waals surface area (Å²) in [5.74, 6) is 4.82. The van der Waals surface area contributed by atoms with Crippen LogP contribution in [0, 0.1) is 17.8 Å². The molecular formula is C47H38N4. The SMILES string of the molecule is c1ccc(-c2nc(-c3ccc4ccccc4c3)nc(-c3ccc4c5ccccc5n(-c5ccc(C67CC8CC(CC(C8)C6)C7)cc5)c4c3)n2)cc1. The van der Waals surface area contributed by atoms with E-state index in [2.05, 4.69) is 126 Å². The topological polar surface area (TPSA) is 43.6 Å². The average Bonchev–Trinajstić information content (AvgIpc) is 3.51. The Morgan fingerprint density at radius 2 is 1.02 bits per heavy atom. The van der Waals surface area contributed by atoms with Crippen LogP contribution >= 0.6 is 0 Å². The fraction of sp³-hybridized carbons (Fsp3) is 0.213. The van der Waals surface area contributed by atoms with Gasteiger partial charge >= 0.3 is 0 Å². The van der Waals surface area contributed by atoms with E-state index in [0.29, 0.717) is 22.9 Å². The minimum Gasteiger partial charge on any atom is -0.309 e. The molecule has 4 aliphatic rings. The van der Waals surface area contributed by atoms with E-state index in [1.54, 1.807) is 5.56 Å². The van der Waals surface area contributed by atoms with E-state index >= 15 is 0 Å². The van der Waals surface area contributed by atoms with Gasteiger partial charge in [0.05, 0.1) is 11.0 Å². The third-order valence-electron chi connectivity index (χ3n) is 12.4. The minimum absolute atomic E-state index is 0.388. The van der Waals surface area contributed by atoms with Gasteiger partial charge in [-0.3, -0.25) is 0 Å². The van der Waals surface area contributed by atoms with Crippen LogP contribution in [0.25, 0.3) is 72.4 Å². The molecule has 12 rings (SSSR count). The van der Waals surface area contributed by atoms with Crippen LogP contribution in [0.5, 0.6) is 0 Å². The van der Waals surface area contributed by atoms with Gasteiger partial charge in [0.25, 0.3) is 0 Å². The van der Waals surface area contributed by atoms with Crippen molar-refractivity contribution in [2.45, 2.75) is 43.9 Å². The van der Waals surface area contributed by atoms with Crippen molar-refractivity contribution in [3.8, 4) is 39.9 Å². The number of hydrogen-bond acceptors (Lipinski definition) is 3. The lowest BCUT2D eigenvalue weighted by molar-refractivity contribution is -0.00518. The highest BCUT2D eigenvalue weighted by Crippen LogP contribution is 2.60. The zero-order valence-electron chi connectivity index (χ0n) is 28.5. The summed E-state index contributed by atoms with van der Waals surface area (Å²) >= 11 is 0. The molecule has 6 aromatic carbocycles. The van der Waals surface area contributed by atoms with Crippen molar-refractivity contribution in [1.82, 2.24) is 19.5 Å². The Bertz CT molecular complexity index is 2580. The first-order valence-electron chi connectivity index (χ1n) is 18.6. The first-order valence-corrected chi connectivity index (χ1v) is 18.6. The third kappa shape index (κ3) is 4.76. The van der Waals surface area contributed by atoms with E-state index in [-0.39, 0.29) is 0 Å². The molecule has 246 valence electrons. The maximum atomic E-state index is 5.14. The zero-order chi connectivity index (χ0) is 33.5. The van der Waals surface area contributed by atoms with Gasteiger partial charge < -0.3 is 4.57 Å². The summed E-state index contributed by atoms with van der Waals surface area (Å²) in [5.41, 5.74) is 8.43. The van der Waals surface area contributed by atoms with E-state index in [1.165, 1.54) is 71.3 Å². The van der Waals surface area contributed by atoms with Crippen molar-refractivity contribution < 1.29 is 0 Å². The predicted octanol–water partition coefficient (Wildman–Crippen LogP) is 11.6. The molecule has 4 saturated carbocycles. The van der Waals surface area contributed by atoms with E-state index in [0.717, 1.165) is 40.0 Å². The summed E-state index contributed by atoms with van der Waals surface area (Å²) < 4.78 is 2.43. The molecule has 0 saturated heterocycles. The highest BCUT2D eigenvalue weighted by molar-refractivity contribution is 6.10. The number of rotatable bonds is 5. The maximum absolute atomic E-state index is 5.14. The van der Waals surface area contributed by atoms with Crippen molar-refractivity contribution in [3.05, 3.63) is 145 Å². The second kappa shape index (κ2) is 11.2. The van der Waals surface area contributed by atoms with E-state index in [1.807, 2.05) is 18.2 Å². The molecule has 4 aliphatic carbocycles. The molecule has 0 radical (unpaired) electrons. The number of fused-ring (bicyclic) bond motifs is 4. The van der Waals surface area contributed by atoms with Crippen molar-refractivity contribution in [3.63, 3.8) is 0 Å². The van der Waals surface area contributed by atoms with Gasteiger partial charge in [-0.25, -0.2) is 15.0 Å². The van der Waals surface area contributed by atoms with Crippen LogP contribution in [0.1, 0.15) is 44.1 Å². The molecule has 0 N–H and O–H groups in total. The van der Waals surface area contributed by atoms with E-state index < -0.39 is 0 Å². The Morgan fingerprint density at radius 1 is 0.451 bits per heavy atom. The Labute approximate surface area is 297 Å². The number of benzene rings is 6. The molecular weight excluding hydrogens is 621 g/mol. The fourth-order valence-corrected chi connectivity index (χ4v) is 10.5. The normalized spacial score (nSPS) is 22.3. The quantitative estimate of drug-likeness (QED) is 0.185. The largest absolute Gasteiger partial charge is 0.309 e. The lowest BCUT2D eigenvalue weighted by Gasteiger charge is -2.57. The molecule has 0 atom stereocenters. The number of hydrogen-bond donors (Lipinski definition) is 0. The summed E-state index contributed by atoms with van der Waals surface area (Å²) in [6, 6.07) is 50.2. The molecule has 4 bridgehead atoms. The summed E-state index contributed by atoms with van der Waals surface area (Å²) in [7, 11) is 0. The van der Waals surface area contributed by atoms with Crippen LogP contribution < -0.4 is 0 Å². The number of para-hydroxylation sites is 1. The van der Waals surface area contributed by atoms with Crippen molar-refractivity contribution in [2.24, 2.45) is 17.8 Å². The zero-order valence-corrected chi connectivity index (χ0v) is 28.5. The molecule has 2 heterocycles. The molecule has 0 spiro atoms. The minimum atomic E-state index is 0.388. The van der Waals surface area contributed by atoms with Gasteiger partial charge in [0.15, 0.2) is 17.5 Å². The Morgan fingerprint density at radius 3 is 1.75 bits per heavy atom. The first kappa shape index (κ1) is 29.2. The maximum Gasteiger partial charge on any atom is 0.164 e. The van der Waals surface area contributed by atoms with Crippen molar-refractivity contribution in [2.75, 3.05) is 0 Å². The molecule has 51 heavy (non-hydrogen) atoms. The highest BCUT2D eigenvalue weighted by Gasteiger charge is 2.51. The van der Waals surface area contributed by atoms with Crippen LogP contribution in [0.3, 0.4) is 0 Å². The van der Waals surface area contributed by atoms with Gasteiger partial charge in [-0.05, 0) is 108 Å². The van der Waals surface area contributed by atoms with Crippen LogP contribution in [0.4, 0.5) is 0 Å².